The molecule has 0 fully saturated rings. The van der Waals surface area contributed by atoms with E-state index in [2.05, 4.69) is 20.6 Å². The van der Waals surface area contributed by atoms with Crippen LogP contribution in [0.3, 0.4) is 0 Å². The lowest BCUT2D eigenvalue weighted by molar-refractivity contribution is 0.102. The fourth-order valence-corrected chi connectivity index (χ4v) is 2.59. The van der Waals surface area contributed by atoms with E-state index in [1.807, 2.05) is 19.1 Å². The molecule has 0 radical (unpaired) electrons. The first-order chi connectivity index (χ1) is 12.0. The number of nitrogens with zero attached hydrogens (tertiary/aromatic N) is 2. The summed E-state index contributed by atoms with van der Waals surface area (Å²) in [5, 5.41) is 6.92. The molecule has 0 aliphatic heterocycles. The lowest BCUT2D eigenvalue weighted by Gasteiger charge is -2.10. The Hall–Kier alpha value is -2.63. The number of benzene rings is 2. The van der Waals surface area contributed by atoms with Gasteiger partial charge in [0.15, 0.2) is 0 Å². The normalized spacial score (nSPS) is 10.4. The molecular weight excluding hydrogens is 359 g/mol. The number of hydrogen-bond acceptors (Lipinski definition) is 4. The van der Waals surface area contributed by atoms with Crippen LogP contribution in [0, 0.1) is 6.92 Å². The molecule has 2 N–H and O–H groups in total. The molecule has 126 valence electrons. The third-order valence-corrected chi connectivity index (χ3v) is 4.01. The van der Waals surface area contributed by atoms with Gasteiger partial charge in [-0.2, -0.15) is 0 Å². The van der Waals surface area contributed by atoms with E-state index < -0.39 is 0 Å². The van der Waals surface area contributed by atoms with Crippen molar-refractivity contribution in [2.45, 2.75) is 6.92 Å². The Balaban J connectivity index is 1.79. The Bertz CT molecular complexity index is 930. The maximum absolute atomic E-state index is 12.4. The zero-order chi connectivity index (χ0) is 17.8. The fourth-order valence-electron chi connectivity index (χ4n) is 2.18. The second kappa shape index (κ2) is 7.51. The van der Waals surface area contributed by atoms with E-state index in [0.717, 1.165) is 11.3 Å². The van der Waals surface area contributed by atoms with Gasteiger partial charge in [0.1, 0.15) is 5.69 Å². The van der Waals surface area contributed by atoms with Gasteiger partial charge in [0.05, 0.1) is 10.7 Å². The van der Waals surface area contributed by atoms with Crippen LogP contribution in [0.5, 0.6) is 0 Å². The molecule has 0 saturated heterocycles. The van der Waals surface area contributed by atoms with E-state index >= 15 is 0 Å². The van der Waals surface area contributed by atoms with Crippen LogP contribution >= 0.6 is 23.2 Å². The van der Waals surface area contributed by atoms with Crippen LogP contribution in [-0.4, -0.2) is 15.9 Å². The summed E-state index contributed by atoms with van der Waals surface area (Å²) in [5.41, 5.74) is 2.51. The largest absolute Gasteiger partial charge is 0.324 e. The van der Waals surface area contributed by atoms with Crippen LogP contribution in [0.2, 0.25) is 10.0 Å². The molecule has 1 heterocycles. The number of amides is 1. The van der Waals surface area contributed by atoms with Crippen molar-refractivity contribution in [1.29, 1.82) is 0 Å². The smallest absolute Gasteiger partial charge is 0.274 e. The molecule has 3 aromatic rings. The standard InChI is InChI=1S/C18H14Cl2N4O/c1-11-10-12(19)6-7-14(11)23-18-21-9-8-16(24-18)17(25)22-15-5-3-2-4-13(15)20/h2-10H,1H3,(H,22,25)(H,21,23,24). The second-order valence-electron chi connectivity index (χ2n) is 5.28. The average molecular weight is 373 g/mol. The van der Waals surface area contributed by atoms with E-state index in [1.54, 1.807) is 30.3 Å². The molecule has 0 aliphatic carbocycles. The molecule has 0 saturated carbocycles. The number of anilines is 3. The van der Waals surface area contributed by atoms with Crippen LogP contribution in [0.15, 0.2) is 54.7 Å². The molecule has 1 amide bonds. The Morgan fingerprint density at radius 2 is 1.84 bits per heavy atom. The minimum atomic E-state index is -0.369. The molecule has 5 nitrogen and oxygen atoms in total. The van der Waals surface area contributed by atoms with Gasteiger partial charge in [-0.3, -0.25) is 4.79 Å². The summed E-state index contributed by atoms with van der Waals surface area (Å²) < 4.78 is 0. The first kappa shape index (κ1) is 17.2. The highest BCUT2D eigenvalue weighted by Gasteiger charge is 2.11. The quantitative estimate of drug-likeness (QED) is 0.669. The number of nitrogens with one attached hydrogen (secondary N) is 2. The molecule has 0 spiro atoms. The molecule has 0 aliphatic rings. The van der Waals surface area contributed by atoms with Crippen molar-refractivity contribution in [2.24, 2.45) is 0 Å². The number of carbonyl (C=O) groups excluding carboxylic acids is 1. The van der Waals surface area contributed by atoms with Crippen molar-refractivity contribution in [3.8, 4) is 0 Å². The van der Waals surface area contributed by atoms with E-state index in [0.29, 0.717) is 21.7 Å². The summed E-state index contributed by atoms with van der Waals surface area (Å²) in [4.78, 5) is 20.8. The number of hydrogen-bond donors (Lipinski definition) is 2. The molecule has 0 bridgehead atoms. The van der Waals surface area contributed by atoms with Crippen molar-refractivity contribution in [3.63, 3.8) is 0 Å². The van der Waals surface area contributed by atoms with E-state index in [9.17, 15) is 4.79 Å². The molecule has 2 aromatic carbocycles. The zero-order valence-corrected chi connectivity index (χ0v) is 14.8. The minimum absolute atomic E-state index is 0.226. The van der Waals surface area contributed by atoms with Gasteiger partial charge in [-0.15, -0.1) is 0 Å². The molecular formula is C18H14Cl2N4O. The number of aromatic nitrogens is 2. The predicted octanol–water partition coefficient (Wildman–Crippen LogP) is 5.09. The van der Waals surface area contributed by atoms with E-state index in [-0.39, 0.29) is 11.6 Å². The lowest BCUT2D eigenvalue weighted by atomic mass is 10.2. The maximum atomic E-state index is 12.4. The Morgan fingerprint density at radius 3 is 2.60 bits per heavy atom. The van der Waals surface area contributed by atoms with Crippen molar-refractivity contribution < 1.29 is 4.79 Å². The molecule has 0 atom stereocenters. The number of rotatable bonds is 4. The van der Waals surface area contributed by atoms with E-state index in [1.165, 1.54) is 12.3 Å². The van der Waals surface area contributed by atoms with Crippen LogP contribution < -0.4 is 10.6 Å². The molecule has 0 unspecified atom stereocenters. The third-order valence-electron chi connectivity index (χ3n) is 3.45. The first-order valence-electron chi connectivity index (χ1n) is 7.45. The van der Waals surface area contributed by atoms with Gasteiger partial charge in [-0.05, 0) is 48.9 Å². The highest BCUT2D eigenvalue weighted by atomic mass is 35.5. The maximum Gasteiger partial charge on any atom is 0.274 e. The fraction of sp³-hybridized carbons (Fsp3) is 0.0556. The van der Waals surface area contributed by atoms with Crippen LogP contribution in [0.1, 0.15) is 16.1 Å². The molecule has 3 rings (SSSR count). The Kier molecular flexibility index (Phi) is 5.16. The van der Waals surface area contributed by atoms with Crippen LogP contribution in [-0.2, 0) is 0 Å². The van der Waals surface area contributed by atoms with Crippen molar-refractivity contribution in [3.05, 3.63) is 76.0 Å². The molecule has 1 aromatic heterocycles. The monoisotopic (exact) mass is 372 g/mol. The van der Waals surface area contributed by atoms with Gasteiger partial charge in [-0.25, -0.2) is 9.97 Å². The van der Waals surface area contributed by atoms with Gasteiger partial charge in [0.2, 0.25) is 5.95 Å². The second-order valence-corrected chi connectivity index (χ2v) is 6.13. The van der Waals surface area contributed by atoms with Gasteiger partial charge in [-0.1, -0.05) is 35.3 Å². The van der Waals surface area contributed by atoms with Gasteiger partial charge in [0.25, 0.3) is 5.91 Å². The van der Waals surface area contributed by atoms with Crippen molar-refractivity contribution in [2.75, 3.05) is 10.6 Å². The predicted molar refractivity (Wildman–Crippen MR) is 101 cm³/mol. The van der Waals surface area contributed by atoms with Gasteiger partial charge < -0.3 is 10.6 Å². The summed E-state index contributed by atoms with van der Waals surface area (Å²) in [7, 11) is 0. The number of para-hydroxylation sites is 1. The third kappa shape index (κ3) is 4.26. The zero-order valence-electron chi connectivity index (χ0n) is 13.3. The number of aryl methyl sites for hydroxylation is 1. The summed E-state index contributed by atoms with van der Waals surface area (Å²) >= 11 is 12.0. The highest BCUT2D eigenvalue weighted by molar-refractivity contribution is 6.33. The summed E-state index contributed by atoms with van der Waals surface area (Å²) in [6, 6.07) is 14.0. The van der Waals surface area contributed by atoms with Gasteiger partial charge in [0, 0.05) is 16.9 Å². The van der Waals surface area contributed by atoms with Crippen molar-refractivity contribution >= 4 is 46.4 Å². The number of halogens is 2. The Morgan fingerprint density at radius 1 is 1.04 bits per heavy atom. The van der Waals surface area contributed by atoms with E-state index in [4.69, 9.17) is 23.2 Å². The Labute approximate surface area is 155 Å². The highest BCUT2D eigenvalue weighted by Crippen LogP contribution is 2.23. The lowest BCUT2D eigenvalue weighted by Crippen LogP contribution is -2.15. The summed E-state index contributed by atoms with van der Waals surface area (Å²) in [5.74, 6) is -0.0522. The number of carbonyl (C=O) groups is 1. The summed E-state index contributed by atoms with van der Waals surface area (Å²) in [6.45, 7) is 1.92. The molecule has 25 heavy (non-hydrogen) atoms. The summed E-state index contributed by atoms with van der Waals surface area (Å²) in [6.07, 6.45) is 1.52. The van der Waals surface area contributed by atoms with Crippen LogP contribution in [0.25, 0.3) is 0 Å². The minimum Gasteiger partial charge on any atom is -0.324 e. The average Bonchev–Trinajstić information content (AvgIpc) is 2.60. The SMILES string of the molecule is Cc1cc(Cl)ccc1Nc1nccc(C(=O)Nc2ccccc2Cl)n1. The topological polar surface area (TPSA) is 66.9 Å². The first-order valence-corrected chi connectivity index (χ1v) is 8.20. The van der Waals surface area contributed by atoms with Crippen molar-refractivity contribution in [1.82, 2.24) is 9.97 Å². The van der Waals surface area contributed by atoms with Crippen LogP contribution in [0.4, 0.5) is 17.3 Å². The molecule has 7 heteroatoms. The van der Waals surface area contributed by atoms with Gasteiger partial charge >= 0.3 is 0 Å².